The first-order chi connectivity index (χ1) is 17.2. The largest absolute Gasteiger partial charge is 0.462 e. The van der Waals surface area contributed by atoms with Gasteiger partial charge in [-0.05, 0) is 31.9 Å². The second-order valence-electron chi connectivity index (χ2n) is 9.19. The Labute approximate surface area is 214 Å². The molecule has 0 N–H and O–H groups in total. The van der Waals surface area contributed by atoms with Gasteiger partial charge in [-0.1, -0.05) is 36.9 Å². The maximum Gasteiger partial charge on any atom is 0.336 e. The van der Waals surface area contributed by atoms with E-state index in [1.165, 1.54) is 19.1 Å². The number of sulfone groups is 1. The molecule has 0 radical (unpaired) electrons. The summed E-state index contributed by atoms with van der Waals surface area (Å²) in [6.45, 7) is 1.05. The van der Waals surface area contributed by atoms with E-state index in [0.717, 1.165) is 38.2 Å². The summed E-state index contributed by atoms with van der Waals surface area (Å²) in [7, 11) is -3.88. The van der Waals surface area contributed by atoms with Gasteiger partial charge in [-0.15, -0.1) is 0 Å². The van der Waals surface area contributed by atoms with Gasteiger partial charge in [-0.25, -0.2) is 17.6 Å². The zero-order valence-electron chi connectivity index (χ0n) is 20.0. The molecule has 2 heterocycles. The minimum atomic E-state index is -3.88. The Morgan fingerprint density at radius 1 is 1.17 bits per heavy atom. The van der Waals surface area contributed by atoms with E-state index in [4.69, 9.17) is 25.8 Å². The highest BCUT2D eigenvalue weighted by Gasteiger charge is 2.48. The molecule has 2 atom stereocenters. The molecule has 0 amide bonds. The first-order valence-corrected chi connectivity index (χ1v) is 14.1. The van der Waals surface area contributed by atoms with E-state index in [0.29, 0.717) is 0 Å². The summed E-state index contributed by atoms with van der Waals surface area (Å²) in [5.41, 5.74) is 0.166. The fourth-order valence-electron chi connectivity index (χ4n) is 5.10. The maximum atomic E-state index is 15.1. The van der Waals surface area contributed by atoms with Crippen LogP contribution < -0.4 is 0 Å². The van der Waals surface area contributed by atoms with Crippen LogP contribution in [-0.4, -0.2) is 63.5 Å². The molecule has 4 rings (SSSR count). The zero-order chi connectivity index (χ0) is 25.9. The average Bonchev–Trinajstić information content (AvgIpc) is 2.99. The van der Waals surface area contributed by atoms with Gasteiger partial charge in [0.2, 0.25) is 0 Å². The fraction of sp³-hybridized carbons (Fsp3) is 0.560. The van der Waals surface area contributed by atoms with Gasteiger partial charge in [0, 0.05) is 22.2 Å². The molecule has 8 nitrogen and oxygen atoms in total. The molecule has 0 bridgehead atoms. The normalized spacial score (nSPS) is 24.4. The quantitative estimate of drug-likeness (QED) is 0.398. The van der Waals surface area contributed by atoms with Crippen LogP contribution in [0.4, 0.5) is 4.39 Å². The molecule has 2 aliphatic heterocycles. The summed E-state index contributed by atoms with van der Waals surface area (Å²) in [6.07, 6.45) is 4.65. The van der Waals surface area contributed by atoms with Crippen LogP contribution in [0.15, 0.2) is 34.5 Å². The number of carbonyl (C=O) groups is 2. The van der Waals surface area contributed by atoms with Crippen molar-refractivity contribution < 1.29 is 36.6 Å². The van der Waals surface area contributed by atoms with Crippen LogP contribution in [0.3, 0.4) is 0 Å². The van der Waals surface area contributed by atoms with Crippen molar-refractivity contribution in [1.82, 2.24) is 0 Å². The number of nitrogens with zero attached hydrogens (tertiary/aromatic N) is 1. The van der Waals surface area contributed by atoms with Crippen LogP contribution >= 0.6 is 11.6 Å². The lowest BCUT2D eigenvalue weighted by Crippen LogP contribution is -2.43. The monoisotopic (exact) mass is 541 g/mol. The Kier molecular flexibility index (Phi) is 8.47. The van der Waals surface area contributed by atoms with Gasteiger partial charge < -0.3 is 14.2 Å². The van der Waals surface area contributed by atoms with Gasteiger partial charge in [-0.3, -0.25) is 9.79 Å². The predicted molar refractivity (Wildman–Crippen MR) is 131 cm³/mol. The molecule has 2 fully saturated rings. The van der Waals surface area contributed by atoms with E-state index in [-0.39, 0.29) is 71.6 Å². The number of rotatable bonds is 6. The number of benzene rings is 1. The standard InChI is InChI=1S/C25H29ClFNO7S/c1-15-20(25(30)35-11-10-34-24(29)16-6-3-2-4-7-16)22(21-17(26)8-5-9-18(21)27)23-19(28-15)14-33-12-13-36(23,31)32/h5,8-9,16,22-23H,2-4,6-7,10-14H2,1H3. The summed E-state index contributed by atoms with van der Waals surface area (Å²) in [5, 5.41) is -1.34. The van der Waals surface area contributed by atoms with Gasteiger partial charge in [0.15, 0.2) is 9.84 Å². The third kappa shape index (κ3) is 5.65. The van der Waals surface area contributed by atoms with Crippen LogP contribution in [0.25, 0.3) is 0 Å². The second-order valence-corrected chi connectivity index (χ2v) is 11.8. The minimum Gasteiger partial charge on any atom is -0.462 e. The lowest BCUT2D eigenvalue weighted by Gasteiger charge is -2.32. The molecule has 1 aromatic carbocycles. The predicted octanol–water partition coefficient (Wildman–Crippen LogP) is 3.77. The molecule has 0 spiro atoms. The minimum absolute atomic E-state index is 0.0128. The van der Waals surface area contributed by atoms with Gasteiger partial charge in [-0.2, -0.15) is 0 Å². The van der Waals surface area contributed by atoms with Crippen molar-refractivity contribution in [2.45, 2.75) is 50.2 Å². The number of halogens is 2. The molecule has 36 heavy (non-hydrogen) atoms. The number of carbonyl (C=O) groups excluding carboxylic acids is 2. The Balaban J connectivity index is 1.59. The first kappa shape index (κ1) is 26.8. The third-order valence-corrected chi connectivity index (χ3v) is 9.21. The second kappa shape index (κ2) is 11.4. The number of allylic oxidation sites excluding steroid dienone is 1. The van der Waals surface area contributed by atoms with Crippen LogP contribution in [-0.2, 0) is 33.6 Å². The highest BCUT2D eigenvalue weighted by atomic mass is 35.5. The Hall–Kier alpha value is -2.30. The van der Waals surface area contributed by atoms with Gasteiger partial charge in [0.25, 0.3) is 0 Å². The molecular weight excluding hydrogens is 513 g/mol. The molecule has 1 saturated heterocycles. The first-order valence-electron chi connectivity index (χ1n) is 12.1. The average molecular weight is 542 g/mol. The zero-order valence-corrected chi connectivity index (χ0v) is 21.6. The van der Waals surface area contributed by atoms with Gasteiger partial charge >= 0.3 is 11.9 Å². The number of fused-ring (bicyclic) bond motifs is 1. The highest BCUT2D eigenvalue weighted by Crippen LogP contribution is 2.43. The summed E-state index contributed by atoms with van der Waals surface area (Å²) in [6, 6.07) is 4.00. The lowest BCUT2D eigenvalue weighted by atomic mass is 9.82. The summed E-state index contributed by atoms with van der Waals surface area (Å²) >= 11 is 6.34. The molecular formula is C25H29ClFNO7S. The van der Waals surface area contributed by atoms with Crippen LogP contribution in [0.2, 0.25) is 5.02 Å². The Morgan fingerprint density at radius 3 is 2.61 bits per heavy atom. The summed E-state index contributed by atoms with van der Waals surface area (Å²) < 4.78 is 57.6. The van der Waals surface area contributed by atoms with Crippen molar-refractivity contribution in [3.63, 3.8) is 0 Å². The SMILES string of the molecule is CC1=C(C(=O)OCCOC(=O)C2CCCCC2)C(c2c(F)cccc2Cl)C2C(=N1)COCCS2(=O)=O. The maximum absolute atomic E-state index is 15.1. The lowest BCUT2D eigenvalue weighted by molar-refractivity contribution is -0.154. The van der Waals surface area contributed by atoms with Crippen molar-refractivity contribution in [2.24, 2.45) is 10.9 Å². The Bertz CT molecular complexity index is 1170. The highest BCUT2D eigenvalue weighted by molar-refractivity contribution is 7.92. The van der Waals surface area contributed by atoms with Crippen molar-refractivity contribution in [2.75, 3.05) is 32.2 Å². The van der Waals surface area contributed by atoms with Crippen molar-refractivity contribution >= 4 is 39.1 Å². The van der Waals surface area contributed by atoms with Crippen molar-refractivity contribution in [1.29, 1.82) is 0 Å². The van der Waals surface area contributed by atoms with Gasteiger partial charge in [0.1, 0.15) is 24.3 Å². The van der Waals surface area contributed by atoms with Crippen LogP contribution in [0, 0.1) is 11.7 Å². The smallest absolute Gasteiger partial charge is 0.336 e. The number of ether oxygens (including phenoxy) is 3. The van der Waals surface area contributed by atoms with E-state index in [2.05, 4.69) is 4.99 Å². The Morgan fingerprint density at radius 2 is 1.89 bits per heavy atom. The topological polar surface area (TPSA) is 108 Å². The van der Waals surface area contributed by atoms with Gasteiger partial charge in [0.05, 0.1) is 36.2 Å². The molecule has 11 heteroatoms. The number of hydrogen-bond acceptors (Lipinski definition) is 8. The molecule has 2 unspecified atom stereocenters. The summed E-state index contributed by atoms with van der Waals surface area (Å²) in [5.74, 6) is -3.63. The molecule has 1 aliphatic carbocycles. The number of hydrogen-bond donors (Lipinski definition) is 0. The molecule has 3 aliphatic rings. The van der Waals surface area contributed by atoms with Crippen LogP contribution in [0.1, 0.15) is 50.5 Å². The molecule has 196 valence electrons. The van der Waals surface area contributed by atoms with E-state index < -0.39 is 32.8 Å². The fourth-order valence-corrected chi connectivity index (χ4v) is 7.21. The van der Waals surface area contributed by atoms with E-state index in [9.17, 15) is 18.0 Å². The van der Waals surface area contributed by atoms with Crippen molar-refractivity contribution in [3.8, 4) is 0 Å². The molecule has 0 aromatic heterocycles. The van der Waals surface area contributed by atoms with Crippen molar-refractivity contribution in [3.05, 3.63) is 45.9 Å². The van der Waals surface area contributed by atoms with E-state index in [1.807, 2.05) is 0 Å². The van der Waals surface area contributed by atoms with E-state index >= 15 is 4.39 Å². The number of aliphatic imine (C=N–C) groups is 1. The molecule has 1 saturated carbocycles. The third-order valence-electron chi connectivity index (χ3n) is 6.82. The molecule has 1 aromatic rings. The number of esters is 2. The van der Waals surface area contributed by atoms with Crippen LogP contribution in [0.5, 0.6) is 0 Å². The summed E-state index contributed by atoms with van der Waals surface area (Å²) in [4.78, 5) is 29.9. The van der Waals surface area contributed by atoms with E-state index in [1.54, 1.807) is 0 Å².